The van der Waals surface area contributed by atoms with E-state index in [-0.39, 0.29) is 0 Å². The number of nitrogens with two attached hydrogens (primary N) is 1. The van der Waals surface area contributed by atoms with Gasteiger partial charge in [0.1, 0.15) is 0 Å². The molecule has 2 N–H and O–H groups in total. The van der Waals surface area contributed by atoms with Gasteiger partial charge in [0.15, 0.2) is 0 Å². The lowest BCUT2D eigenvalue weighted by molar-refractivity contribution is 0.164. The molecule has 0 amide bonds. The van der Waals surface area contributed by atoms with E-state index in [4.69, 9.17) is 5.73 Å². The molecular weight excluding hydrogens is 148 g/mol. The van der Waals surface area contributed by atoms with Crippen LogP contribution in [0.1, 0.15) is 26.7 Å². The van der Waals surface area contributed by atoms with Crippen molar-refractivity contribution < 1.29 is 0 Å². The molecule has 2 heteroatoms. The topological polar surface area (TPSA) is 29.3 Å². The molecule has 0 aromatic heterocycles. The Morgan fingerprint density at radius 1 is 1.58 bits per heavy atom. The van der Waals surface area contributed by atoms with Crippen molar-refractivity contribution in [3.8, 4) is 0 Å². The summed E-state index contributed by atoms with van der Waals surface area (Å²) in [4.78, 5) is 2.49. The third-order valence-corrected chi connectivity index (χ3v) is 2.63. The van der Waals surface area contributed by atoms with Gasteiger partial charge in [0.05, 0.1) is 0 Å². The van der Waals surface area contributed by atoms with Gasteiger partial charge in [-0.1, -0.05) is 12.2 Å². The minimum Gasteiger partial charge on any atom is -0.328 e. The van der Waals surface area contributed by atoms with E-state index in [1.165, 1.54) is 0 Å². The predicted octanol–water partition coefficient (Wildman–Crippen LogP) is 1.37. The van der Waals surface area contributed by atoms with Gasteiger partial charge in [-0.2, -0.15) is 0 Å². The van der Waals surface area contributed by atoms with Crippen molar-refractivity contribution in [2.45, 2.75) is 38.8 Å². The smallest absolute Gasteiger partial charge is 0.0165 e. The van der Waals surface area contributed by atoms with E-state index >= 15 is 0 Å². The molecule has 0 spiro atoms. The van der Waals surface area contributed by atoms with Gasteiger partial charge in [0.25, 0.3) is 0 Å². The van der Waals surface area contributed by atoms with Crippen molar-refractivity contribution >= 4 is 0 Å². The molecule has 0 radical (unpaired) electrons. The first-order valence-electron chi connectivity index (χ1n) is 4.85. The van der Waals surface area contributed by atoms with Crippen molar-refractivity contribution in [2.75, 3.05) is 13.1 Å². The van der Waals surface area contributed by atoms with Crippen molar-refractivity contribution in [2.24, 2.45) is 5.73 Å². The number of hydrogen-bond acceptors (Lipinski definition) is 2. The highest BCUT2D eigenvalue weighted by Crippen LogP contribution is 2.15. The standard InChI is InChI=1S/C10H20N2/c1-3-4-6-12-7-5-10(11)8-9(12)2/h3-4,9-10H,5-8,11H2,1-2H3/b4-3+. The fraction of sp³-hybridized carbons (Fsp3) is 0.800. The summed E-state index contributed by atoms with van der Waals surface area (Å²) in [5, 5.41) is 0. The predicted molar refractivity (Wildman–Crippen MR) is 53.1 cm³/mol. The summed E-state index contributed by atoms with van der Waals surface area (Å²) >= 11 is 0. The van der Waals surface area contributed by atoms with Gasteiger partial charge in [-0.05, 0) is 26.7 Å². The second kappa shape index (κ2) is 4.63. The van der Waals surface area contributed by atoms with Crippen LogP contribution in [-0.4, -0.2) is 30.1 Å². The molecule has 1 aliphatic heterocycles. The molecule has 1 rings (SSSR count). The molecule has 1 fully saturated rings. The van der Waals surface area contributed by atoms with Crippen molar-refractivity contribution in [3.05, 3.63) is 12.2 Å². The Morgan fingerprint density at radius 2 is 2.33 bits per heavy atom. The zero-order valence-corrected chi connectivity index (χ0v) is 8.16. The number of rotatable bonds is 2. The van der Waals surface area contributed by atoms with E-state index in [9.17, 15) is 0 Å². The van der Waals surface area contributed by atoms with Gasteiger partial charge in [-0.15, -0.1) is 0 Å². The maximum Gasteiger partial charge on any atom is 0.0165 e. The fourth-order valence-corrected chi connectivity index (χ4v) is 1.77. The van der Waals surface area contributed by atoms with Crippen LogP contribution in [0.2, 0.25) is 0 Å². The molecule has 1 saturated heterocycles. The summed E-state index contributed by atoms with van der Waals surface area (Å²) in [6, 6.07) is 1.09. The van der Waals surface area contributed by atoms with Gasteiger partial charge in [0.2, 0.25) is 0 Å². The van der Waals surface area contributed by atoms with E-state index < -0.39 is 0 Å². The molecule has 2 nitrogen and oxygen atoms in total. The minimum absolute atomic E-state index is 0.432. The van der Waals surface area contributed by atoms with Crippen LogP contribution in [0.5, 0.6) is 0 Å². The summed E-state index contributed by atoms with van der Waals surface area (Å²) in [6.07, 6.45) is 6.63. The molecule has 1 heterocycles. The molecule has 2 unspecified atom stereocenters. The van der Waals surface area contributed by atoms with Crippen molar-refractivity contribution in [3.63, 3.8) is 0 Å². The third kappa shape index (κ3) is 2.61. The molecule has 0 saturated carbocycles. The molecular formula is C10H20N2. The lowest BCUT2D eigenvalue weighted by atomic mass is 9.99. The monoisotopic (exact) mass is 168 g/mol. The third-order valence-electron chi connectivity index (χ3n) is 2.63. The summed E-state index contributed by atoms with van der Waals surface area (Å²) in [5.41, 5.74) is 5.87. The zero-order valence-electron chi connectivity index (χ0n) is 8.16. The Balaban J connectivity index is 2.34. The van der Waals surface area contributed by atoms with Crippen molar-refractivity contribution in [1.29, 1.82) is 0 Å². The van der Waals surface area contributed by atoms with Crippen LogP contribution < -0.4 is 5.73 Å². The Labute approximate surface area is 75.4 Å². The molecule has 12 heavy (non-hydrogen) atoms. The van der Waals surface area contributed by atoms with E-state index in [0.29, 0.717) is 12.1 Å². The average molecular weight is 168 g/mol. The van der Waals surface area contributed by atoms with E-state index in [1.54, 1.807) is 0 Å². The van der Waals surface area contributed by atoms with Crippen LogP contribution in [0, 0.1) is 0 Å². The van der Waals surface area contributed by atoms with E-state index in [2.05, 4.69) is 30.9 Å². The van der Waals surface area contributed by atoms with Crippen LogP contribution >= 0.6 is 0 Å². The lowest BCUT2D eigenvalue weighted by Gasteiger charge is -2.35. The number of allylic oxidation sites excluding steroid dienone is 1. The Morgan fingerprint density at radius 3 is 2.92 bits per heavy atom. The number of likely N-dealkylation sites (tertiary alicyclic amines) is 1. The minimum atomic E-state index is 0.432. The second-order valence-electron chi connectivity index (χ2n) is 3.70. The van der Waals surface area contributed by atoms with Gasteiger partial charge in [-0.25, -0.2) is 0 Å². The molecule has 0 aromatic carbocycles. The average Bonchev–Trinajstić information content (AvgIpc) is 2.03. The Kier molecular flexibility index (Phi) is 3.76. The number of hydrogen-bond donors (Lipinski definition) is 1. The van der Waals surface area contributed by atoms with E-state index in [1.807, 2.05) is 0 Å². The number of nitrogens with zero attached hydrogens (tertiary/aromatic N) is 1. The summed E-state index contributed by atoms with van der Waals surface area (Å²) in [5.74, 6) is 0. The highest BCUT2D eigenvalue weighted by molar-refractivity contribution is 4.87. The number of piperidine rings is 1. The Hall–Kier alpha value is -0.340. The Bertz CT molecular complexity index is 154. The SMILES string of the molecule is C/C=C/CN1CCC(N)CC1C. The fourth-order valence-electron chi connectivity index (χ4n) is 1.77. The molecule has 0 bridgehead atoms. The second-order valence-corrected chi connectivity index (χ2v) is 3.70. The molecule has 2 atom stereocenters. The van der Waals surface area contributed by atoms with Gasteiger partial charge < -0.3 is 5.73 Å². The van der Waals surface area contributed by atoms with Crippen molar-refractivity contribution in [1.82, 2.24) is 4.90 Å². The summed E-state index contributed by atoms with van der Waals surface area (Å²) < 4.78 is 0. The first-order valence-corrected chi connectivity index (χ1v) is 4.85. The maximum absolute atomic E-state index is 5.87. The molecule has 0 aromatic rings. The molecule has 1 aliphatic rings. The van der Waals surface area contributed by atoms with Gasteiger partial charge >= 0.3 is 0 Å². The first kappa shape index (κ1) is 9.75. The summed E-state index contributed by atoms with van der Waals surface area (Å²) in [7, 11) is 0. The van der Waals surface area contributed by atoms with Gasteiger partial charge in [-0.3, -0.25) is 4.90 Å². The molecule has 0 aliphatic carbocycles. The maximum atomic E-state index is 5.87. The zero-order chi connectivity index (χ0) is 8.97. The van der Waals surface area contributed by atoms with Crippen LogP contribution in [0.3, 0.4) is 0 Å². The van der Waals surface area contributed by atoms with E-state index in [0.717, 1.165) is 25.9 Å². The molecule has 70 valence electrons. The van der Waals surface area contributed by atoms with Gasteiger partial charge in [0, 0.05) is 25.2 Å². The van der Waals surface area contributed by atoms with Crippen LogP contribution in [0.25, 0.3) is 0 Å². The first-order chi connectivity index (χ1) is 5.74. The summed E-state index contributed by atoms with van der Waals surface area (Å²) in [6.45, 7) is 6.58. The normalized spacial score (nSPS) is 32.9. The van der Waals surface area contributed by atoms with Crippen LogP contribution in [0.15, 0.2) is 12.2 Å². The highest BCUT2D eigenvalue weighted by Gasteiger charge is 2.21. The quantitative estimate of drug-likeness (QED) is 0.631. The lowest BCUT2D eigenvalue weighted by Crippen LogP contribution is -2.45. The largest absolute Gasteiger partial charge is 0.328 e. The van der Waals surface area contributed by atoms with Crippen LogP contribution in [0.4, 0.5) is 0 Å². The highest BCUT2D eigenvalue weighted by atomic mass is 15.2. The van der Waals surface area contributed by atoms with Crippen LogP contribution in [-0.2, 0) is 0 Å².